The minimum atomic E-state index is -4.28. The second-order valence-corrected chi connectivity index (χ2v) is 5.52. The first-order valence-corrected chi connectivity index (χ1v) is 7.62. The number of carbonyl (C=O) groups is 1. The SMILES string of the molecule is CCCCCCCCC(=O)OCCS(=O)(=O)[O-]. The highest BCUT2D eigenvalue weighted by Crippen LogP contribution is 2.07. The molecule has 0 atom stereocenters. The molecule has 0 spiro atoms. The summed E-state index contributed by atoms with van der Waals surface area (Å²) in [6, 6.07) is 0. The highest BCUT2D eigenvalue weighted by atomic mass is 32.2. The van der Waals surface area contributed by atoms with Crippen LogP contribution in [0.2, 0.25) is 0 Å². The van der Waals surface area contributed by atoms with Crippen LogP contribution in [0.5, 0.6) is 0 Å². The zero-order valence-corrected chi connectivity index (χ0v) is 11.1. The van der Waals surface area contributed by atoms with E-state index in [0.29, 0.717) is 6.42 Å². The maximum atomic E-state index is 11.1. The average molecular weight is 265 g/mol. The summed E-state index contributed by atoms with van der Waals surface area (Å²) in [5.74, 6) is -1.07. The maximum absolute atomic E-state index is 11.1. The molecule has 102 valence electrons. The summed E-state index contributed by atoms with van der Waals surface area (Å²) < 4.78 is 35.3. The van der Waals surface area contributed by atoms with Gasteiger partial charge in [-0.15, -0.1) is 0 Å². The second kappa shape index (κ2) is 9.41. The van der Waals surface area contributed by atoms with E-state index in [1.165, 1.54) is 19.3 Å². The monoisotopic (exact) mass is 265 g/mol. The van der Waals surface area contributed by atoms with Gasteiger partial charge in [0.25, 0.3) is 0 Å². The van der Waals surface area contributed by atoms with Crippen LogP contribution in [0.4, 0.5) is 0 Å². The summed E-state index contributed by atoms with van der Waals surface area (Å²) in [4.78, 5) is 11.1. The number of unbranched alkanes of at least 4 members (excludes halogenated alkanes) is 5. The van der Waals surface area contributed by atoms with Gasteiger partial charge in [-0.25, -0.2) is 8.42 Å². The van der Waals surface area contributed by atoms with Crippen LogP contribution < -0.4 is 0 Å². The second-order valence-electron chi connectivity index (χ2n) is 4.00. The van der Waals surface area contributed by atoms with Crippen molar-refractivity contribution < 1.29 is 22.5 Å². The number of hydrogen-bond donors (Lipinski definition) is 0. The lowest BCUT2D eigenvalue weighted by Crippen LogP contribution is -2.14. The van der Waals surface area contributed by atoms with Crippen molar-refractivity contribution in [2.24, 2.45) is 0 Å². The van der Waals surface area contributed by atoms with Gasteiger partial charge in [0.1, 0.15) is 6.61 Å². The Bertz CT molecular complexity index is 297. The van der Waals surface area contributed by atoms with Crippen LogP contribution in [0, 0.1) is 0 Å². The third kappa shape index (κ3) is 13.3. The van der Waals surface area contributed by atoms with E-state index in [2.05, 4.69) is 11.7 Å². The van der Waals surface area contributed by atoms with Crippen molar-refractivity contribution in [3.63, 3.8) is 0 Å². The fourth-order valence-corrected chi connectivity index (χ4v) is 1.67. The summed E-state index contributed by atoms with van der Waals surface area (Å²) in [5, 5.41) is 0. The van der Waals surface area contributed by atoms with Crippen LogP contribution in [-0.2, 0) is 19.6 Å². The van der Waals surface area contributed by atoms with Crippen molar-refractivity contribution in [3.05, 3.63) is 0 Å². The average Bonchev–Trinajstić information content (AvgIpc) is 2.21. The van der Waals surface area contributed by atoms with Crippen LogP contribution in [0.15, 0.2) is 0 Å². The molecule has 0 aliphatic carbocycles. The van der Waals surface area contributed by atoms with Gasteiger partial charge in [0, 0.05) is 6.42 Å². The molecular formula is C11H21O5S-. The smallest absolute Gasteiger partial charge is 0.305 e. The Hall–Kier alpha value is -0.620. The number of esters is 1. The van der Waals surface area contributed by atoms with Crippen molar-refractivity contribution in [3.8, 4) is 0 Å². The van der Waals surface area contributed by atoms with Gasteiger partial charge in [-0.1, -0.05) is 39.0 Å². The van der Waals surface area contributed by atoms with E-state index in [1.54, 1.807) is 0 Å². The topological polar surface area (TPSA) is 83.5 Å². The van der Waals surface area contributed by atoms with Crippen molar-refractivity contribution in [2.75, 3.05) is 12.4 Å². The summed E-state index contributed by atoms with van der Waals surface area (Å²) in [5.41, 5.74) is 0. The number of ether oxygens (including phenoxy) is 1. The molecule has 0 aliphatic heterocycles. The molecule has 0 saturated carbocycles. The number of hydrogen-bond acceptors (Lipinski definition) is 5. The highest BCUT2D eigenvalue weighted by molar-refractivity contribution is 7.85. The lowest BCUT2D eigenvalue weighted by Gasteiger charge is -2.07. The molecule has 0 radical (unpaired) electrons. The molecule has 0 heterocycles. The molecule has 0 aromatic heterocycles. The van der Waals surface area contributed by atoms with E-state index in [-0.39, 0.29) is 6.61 Å². The largest absolute Gasteiger partial charge is 0.748 e. The third-order valence-corrected chi connectivity index (χ3v) is 3.00. The first-order valence-electron chi connectivity index (χ1n) is 6.05. The first kappa shape index (κ1) is 16.4. The maximum Gasteiger partial charge on any atom is 0.305 e. The van der Waals surface area contributed by atoms with E-state index in [0.717, 1.165) is 19.3 Å². The van der Waals surface area contributed by atoms with E-state index in [4.69, 9.17) is 0 Å². The predicted molar refractivity (Wildman–Crippen MR) is 63.5 cm³/mol. The van der Waals surface area contributed by atoms with Crippen LogP contribution in [-0.4, -0.2) is 31.3 Å². The van der Waals surface area contributed by atoms with Gasteiger partial charge >= 0.3 is 5.97 Å². The Labute approximate surface area is 103 Å². The molecule has 5 nitrogen and oxygen atoms in total. The number of rotatable bonds is 10. The molecule has 0 N–H and O–H groups in total. The van der Waals surface area contributed by atoms with Crippen molar-refractivity contribution in [1.29, 1.82) is 0 Å². The molecule has 0 aliphatic rings. The van der Waals surface area contributed by atoms with Crippen molar-refractivity contribution >= 4 is 16.1 Å². The quantitative estimate of drug-likeness (QED) is 0.342. The fourth-order valence-electron chi connectivity index (χ4n) is 1.38. The highest BCUT2D eigenvalue weighted by Gasteiger charge is 2.03. The number of carbonyl (C=O) groups excluding carboxylic acids is 1. The van der Waals surface area contributed by atoms with Gasteiger partial charge in [0.15, 0.2) is 0 Å². The minimum Gasteiger partial charge on any atom is -0.748 e. The van der Waals surface area contributed by atoms with E-state index < -0.39 is 21.8 Å². The third-order valence-electron chi connectivity index (χ3n) is 2.33. The molecule has 0 fully saturated rings. The summed E-state index contributed by atoms with van der Waals surface area (Å²) in [6.07, 6.45) is 6.72. The molecule has 0 amide bonds. The van der Waals surface area contributed by atoms with Crippen LogP contribution >= 0.6 is 0 Å². The minimum absolute atomic E-state index is 0.297. The Kier molecular flexibility index (Phi) is 9.07. The Balaban J connectivity index is 3.35. The normalized spacial score (nSPS) is 11.4. The fraction of sp³-hybridized carbons (Fsp3) is 0.909. The van der Waals surface area contributed by atoms with Gasteiger partial charge in [0.2, 0.25) is 0 Å². The van der Waals surface area contributed by atoms with Crippen LogP contribution in [0.1, 0.15) is 51.9 Å². The van der Waals surface area contributed by atoms with Crippen LogP contribution in [0.25, 0.3) is 0 Å². The standard InChI is InChI=1S/C11H22O5S/c1-2-3-4-5-6-7-8-11(12)16-9-10-17(13,14)15/h2-10H2,1H3,(H,13,14,15)/p-1. The Morgan fingerprint density at radius 2 is 1.71 bits per heavy atom. The molecule has 0 aromatic carbocycles. The summed E-state index contributed by atoms with van der Waals surface area (Å²) >= 11 is 0. The van der Waals surface area contributed by atoms with E-state index in [1.807, 2.05) is 0 Å². The van der Waals surface area contributed by atoms with Crippen molar-refractivity contribution in [2.45, 2.75) is 51.9 Å². The summed E-state index contributed by atoms with van der Waals surface area (Å²) in [6.45, 7) is 1.81. The molecule has 6 heteroatoms. The zero-order chi connectivity index (χ0) is 13.1. The van der Waals surface area contributed by atoms with Gasteiger partial charge < -0.3 is 9.29 Å². The van der Waals surface area contributed by atoms with Crippen LogP contribution in [0.3, 0.4) is 0 Å². The van der Waals surface area contributed by atoms with Crippen molar-refractivity contribution in [1.82, 2.24) is 0 Å². The van der Waals surface area contributed by atoms with E-state index in [9.17, 15) is 17.8 Å². The van der Waals surface area contributed by atoms with Gasteiger partial charge in [-0.3, -0.25) is 4.79 Å². The first-order chi connectivity index (χ1) is 7.95. The van der Waals surface area contributed by atoms with Gasteiger partial charge in [-0.2, -0.15) is 0 Å². The van der Waals surface area contributed by atoms with Gasteiger partial charge in [0.05, 0.1) is 15.9 Å². The Morgan fingerprint density at radius 3 is 2.29 bits per heavy atom. The summed E-state index contributed by atoms with van der Waals surface area (Å²) in [7, 11) is -4.28. The molecule has 0 unspecified atom stereocenters. The van der Waals surface area contributed by atoms with Gasteiger partial charge in [-0.05, 0) is 6.42 Å². The lowest BCUT2D eigenvalue weighted by molar-refractivity contribution is -0.143. The molecule has 0 aromatic rings. The predicted octanol–water partition coefficient (Wildman–Crippen LogP) is 1.83. The zero-order valence-electron chi connectivity index (χ0n) is 10.3. The molecule has 17 heavy (non-hydrogen) atoms. The Morgan fingerprint density at radius 1 is 1.12 bits per heavy atom. The molecular weight excluding hydrogens is 244 g/mol. The lowest BCUT2D eigenvalue weighted by atomic mass is 10.1. The molecule has 0 bridgehead atoms. The van der Waals surface area contributed by atoms with E-state index >= 15 is 0 Å². The molecule has 0 saturated heterocycles. The molecule has 0 rings (SSSR count).